The molecule has 2 amide bonds. The summed E-state index contributed by atoms with van der Waals surface area (Å²) < 4.78 is 0. The number of amides is 2. The van der Waals surface area contributed by atoms with Crippen LogP contribution < -0.4 is 5.32 Å². The summed E-state index contributed by atoms with van der Waals surface area (Å²) in [5.41, 5.74) is 1.40. The molecule has 1 aliphatic heterocycles. The van der Waals surface area contributed by atoms with Gasteiger partial charge in [-0.05, 0) is 54.8 Å². The maximum absolute atomic E-state index is 12.4. The molecular formula is C20H23ClN2O3S. The summed E-state index contributed by atoms with van der Waals surface area (Å²) in [6.45, 7) is 2.95. The summed E-state index contributed by atoms with van der Waals surface area (Å²) in [6.07, 6.45) is 0.806. The molecule has 0 aliphatic carbocycles. The van der Waals surface area contributed by atoms with E-state index in [1.54, 1.807) is 34.4 Å². The van der Waals surface area contributed by atoms with E-state index in [-0.39, 0.29) is 24.2 Å². The third-order valence-corrected chi connectivity index (χ3v) is 6.38. The van der Waals surface area contributed by atoms with Gasteiger partial charge in [0.05, 0.1) is 6.10 Å². The second-order valence-electron chi connectivity index (χ2n) is 6.82. The first-order chi connectivity index (χ1) is 13.0. The van der Waals surface area contributed by atoms with Crippen molar-refractivity contribution in [2.24, 2.45) is 5.92 Å². The third-order valence-electron chi connectivity index (χ3n) is 5.03. The Kier molecular flexibility index (Phi) is 6.52. The van der Waals surface area contributed by atoms with E-state index >= 15 is 0 Å². The van der Waals surface area contributed by atoms with Crippen LogP contribution in [0.4, 0.5) is 5.69 Å². The van der Waals surface area contributed by atoms with Crippen LogP contribution in [0.3, 0.4) is 0 Å². The lowest BCUT2D eigenvalue weighted by Crippen LogP contribution is -2.41. The van der Waals surface area contributed by atoms with Crippen molar-refractivity contribution in [3.63, 3.8) is 0 Å². The standard InChI is InChI=1S/C20H23ClN2O3S/c1-13-15(21)4-2-5-16(13)22-18(24)12-19(25)23-9-7-14(8-10-23)20(26)17-6-3-11-27-17/h2-6,11,14,20,26H,7-10,12H2,1H3,(H,22,24). The molecule has 27 heavy (non-hydrogen) atoms. The number of halogens is 1. The molecule has 144 valence electrons. The number of nitrogens with zero attached hydrogens (tertiary/aromatic N) is 1. The van der Waals surface area contributed by atoms with Gasteiger partial charge in [-0.25, -0.2) is 0 Å². The zero-order valence-corrected chi connectivity index (χ0v) is 16.7. The number of anilines is 1. The average molecular weight is 407 g/mol. The third kappa shape index (κ3) is 4.89. The lowest BCUT2D eigenvalue weighted by Gasteiger charge is -2.34. The smallest absolute Gasteiger partial charge is 0.233 e. The van der Waals surface area contributed by atoms with Gasteiger partial charge in [-0.2, -0.15) is 0 Å². The molecule has 5 nitrogen and oxygen atoms in total. The van der Waals surface area contributed by atoms with Crippen LogP contribution in [0.5, 0.6) is 0 Å². The van der Waals surface area contributed by atoms with E-state index in [1.807, 2.05) is 24.4 Å². The molecule has 1 saturated heterocycles. The fraction of sp³-hybridized carbons (Fsp3) is 0.400. The molecule has 2 aromatic rings. The highest BCUT2D eigenvalue weighted by molar-refractivity contribution is 7.10. The first-order valence-corrected chi connectivity index (χ1v) is 10.3. The van der Waals surface area contributed by atoms with Crippen molar-refractivity contribution in [3.8, 4) is 0 Å². The minimum absolute atomic E-state index is 0.149. The molecule has 0 radical (unpaired) electrons. The first kappa shape index (κ1) is 19.9. The number of hydrogen-bond acceptors (Lipinski definition) is 4. The molecule has 7 heteroatoms. The van der Waals surface area contributed by atoms with Gasteiger partial charge in [0, 0.05) is 28.7 Å². The second-order valence-corrected chi connectivity index (χ2v) is 8.20. The minimum atomic E-state index is -0.476. The number of aliphatic hydroxyl groups excluding tert-OH is 1. The van der Waals surface area contributed by atoms with Crippen LogP contribution in [0.1, 0.15) is 35.8 Å². The molecule has 1 aromatic heterocycles. The highest BCUT2D eigenvalue weighted by Gasteiger charge is 2.29. The molecule has 1 aromatic carbocycles. The van der Waals surface area contributed by atoms with Crippen molar-refractivity contribution >= 4 is 40.4 Å². The Hall–Kier alpha value is -1.89. The fourth-order valence-electron chi connectivity index (χ4n) is 3.34. The average Bonchev–Trinajstić information content (AvgIpc) is 3.19. The van der Waals surface area contributed by atoms with Gasteiger partial charge < -0.3 is 15.3 Å². The number of carbonyl (C=O) groups is 2. The Labute approximate surface area is 168 Å². The predicted molar refractivity (Wildman–Crippen MR) is 108 cm³/mol. The maximum Gasteiger partial charge on any atom is 0.233 e. The van der Waals surface area contributed by atoms with E-state index in [9.17, 15) is 14.7 Å². The number of rotatable bonds is 5. The van der Waals surface area contributed by atoms with Crippen molar-refractivity contribution in [2.45, 2.75) is 32.3 Å². The molecule has 1 aliphatic rings. The number of thiophene rings is 1. The molecule has 0 spiro atoms. The van der Waals surface area contributed by atoms with E-state index in [0.29, 0.717) is 23.8 Å². The number of benzene rings is 1. The summed E-state index contributed by atoms with van der Waals surface area (Å²) in [5, 5.41) is 15.7. The van der Waals surface area contributed by atoms with Crippen molar-refractivity contribution in [1.29, 1.82) is 0 Å². The van der Waals surface area contributed by atoms with Crippen molar-refractivity contribution in [2.75, 3.05) is 18.4 Å². The van der Waals surface area contributed by atoms with Crippen LogP contribution in [0.15, 0.2) is 35.7 Å². The Bertz CT molecular complexity index is 802. The molecular weight excluding hydrogens is 384 g/mol. The monoisotopic (exact) mass is 406 g/mol. The van der Waals surface area contributed by atoms with E-state index in [0.717, 1.165) is 23.3 Å². The Morgan fingerprint density at radius 2 is 2.04 bits per heavy atom. The topological polar surface area (TPSA) is 69.6 Å². The van der Waals surface area contributed by atoms with Gasteiger partial charge in [0.15, 0.2) is 0 Å². The van der Waals surface area contributed by atoms with Crippen molar-refractivity contribution in [1.82, 2.24) is 4.90 Å². The maximum atomic E-state index is 12.4. The summed E-state index contributed by atoms with van der Waals surface area (Å²) >= 11 is 7.61. The molecule has 1 fully saturated rings. The molecule has 1 unspecified atom stereocenters. The van der Waals surface area contributed by atoms with Gasteiger partial charge in [0.2, 0.25) is 11.8 Å². The highest BCUT2D eigenvalue weighted by Crippen LogP contribution is 2.33. The van der Waals surface area contributed by atoms with Gasteiger partial charge in [-0.15, -0.1) is 11.3 Å². The summed E-state index contributed by atoms with van der Waals surface area (Å²) in [6, 6.07) is 9.15. The number of nitrogens with one attached hydrogen (secondary N) is 1. The van der Waals surface area contributed by atoms with Crippen LogP contribution >= 0.6 is 22.9 Å². The van der Waals surface area contributed by atoms with Crippen LogP contribution in [0, 0.1) is 12.8 Å². The quantitative estimate of drug-likeness (QED) is 0.737. The van der Waals surface area contributed by atoms with Crippen LogP contribution in [-0.4, -0.2) is 34.9 Å². The molecule has 3 rings (SSSR count). The number of likely N-dealkylation sites (tertiary alicyclic amines) is 1. The lowest BCUT2D eigenvalue weighted by molar-refractivity contribution is -0.136. The zero-order chi connectivity index (χ0) is 19.4. The zero-order valence-electron chi connectivity index (χ0n) is 15.2. The number of hydrogen-bond donors (Lipinski definition) is 2. The number of carbonyl (C=O) groups excluding carboxylic acids is 2. The van der Waals surface area contributed by atoms with Gasteiger partial charge in [0.25, 0.3) is 0 Å². The number of aliphatic hydroxyl groups is 1. The van der Waals surface area contributed by atoms with E-state index < -0.39 is 6.10 Å². The second kappa shape index (κ2) is 8.87. The van der Waals surface area contributed by atoms with E-state index in [2.05, 4.69) is 5.32 Å². The van der Waals surface area contributed by atoms with Crippen molar-refractivity contribution in [3.05, 3.63) is 51.2 Å². The van der Waals surface area contributed by atoms with Crippen LogP contribution in [-0.2, 0) is 9.59 Å². The van der Waals surface area contributed by atoms with Gasteiger partial charge >= 0.3 is 0 Å². The van der Waals surface area contributed by atoms with Gasteiger partial charge in [-0.1, -0.05) is 23.7 Å². The molecule has 2 N–H and O–H groups in total. The predicted octanol–water partition coefficient (Wildman–Crippen LogP) is 4.01. The normalized spacial score (nSPS) is 16.2. The Morgan fingerprint density at radius 3 is 2.70 bits per heavy atom. The Balaban J connectivity index is 1.49. The molecule has 1 atom stereocenters. The van der Waals surface area contributed by atoms with Crippen molar-refractivity contribution < 1.29 is 14.7 Å². The summed E-state index contributed by atoms with van der Waals surface area (Å²) in [7, 11) is 0. The minimum Gasteiger partial charge on any atom is -0.387 e. The fourth-order valence-corrected chi connectivity index (χ4v) is 4.32. The summed E-state index contributed by atoms with van der Waals surface area (Å²) in [4.78, 5) is 27.3. The van der Waals surface area contributed by atoms with Gasteiger partial charge in [-0.3, -0.25) is 9.59 Å². The number of piperidine rings is 1. The summed E-state index contributed by atoms with van der Waals surface area (Å²) in [5.74, 6) is -0.377. The molecule has 0 bridgehead atoms. The lowest BCUT2D eigenvalue weighted by atomic mass is 9.90. The Morgan fingerprint density at radius 1 is 1.30 bits per heavy atom. The van der Waals surface area contributed by atoms with Crippen LogP contribution in [0.25, 0.3) is 0 Å². The highest BCUT2D eigenvalue weighted by atomic mass is 35.5. The molecule has 0 saturated carbocycles. The first-order valence-electron chi connectivity index (χ1n) is 9.00. The largest absolute Gasteiger partial charge is 0.387 e. The van der Waals surface area contributed by atoms with E-state index in [4.69, 9.17) is 11.6 Å². The molecule has 2 heterocycles. The van der Waals surface area contributed by atoms with Crippen LogP contribution in [0.2, 0.25) is 5.02 Å². The van der Waals surface area contributed by atoms with E-state index in [1.165, 1.54) is 0 Å². The SMILES string of the molecule is Cc1c(Cl)cccc1NC(=O)CC(=O)N1CCC(C(O)c2cccs2)CC1. The van der Waals surface area contributed by atoms with Gasteiger partial charge in [0.1, 0.15) is 6.42 Å².